The first-order valence-electron chi connectivity index (χ1n) is 6.11. The quantitative estimate of drug-likeness (QED) is 0.785. The van der Waals surface area contributed by atoms with Crippen molar-refractivity contribution in [2.75, 3.05) is 6.61 Å². The average molecular weight is 341 g/mol. The van der Waals surface area contributed by atoms with Crippen LogP contribution in [0.2, 0.25) is 5.02 Å². The number of rotatable bonds is 6. The van der Waals surface area contributed by atoms with Gasteiger partial charge in [0.1, 0.15) is 11.1 Å². The van der Waals surface area contributed by atoms with E-state index in [1.54, 1.807) is 17.8 Å². The summed E-state index contributed by atoms with van der Waals surface area (Å²) in [7, 11) is 0. The summed E-state index contributed by atoms with van der Waals surface area (Å²) in [5.74, 6) is 0. The molecule has 8 heteroatoms. The predicted octanol–water partition coefficient (Wildman–Crippen LogP) is 2.61. The zero-order chi connectivity index (χ0) is 15.2. The molecule has 5 nitrogen and oxygen atoms in total. The molecule has 0 aliphatic heterocycles. The highest BCUT2D eigenvalue weighted by atomic mass is 35.5. The highest BCUT2D eigenvalue weighted by Gasteiger charge is 2.20. The Kier molecular flexibility index (Phi) is 5.96. The molecule has 21 heavy (non-hydrogen) atoms. The van der Waals surface area contributed by atoms with E-state index in [1.807, 2.05) is 0 Å². The summed E-state index contributed by atoms with van der Waals surface area (Å²) in [5.41, 5.74) is 8.02. The zero-order valence-electron chi connectivity index (χ0n) is 10.9. The second kappa shape index (κ2) is 7.73. The monoisotopic (exact) mass is 340 g/mol. The van der Waals surface area contributed by atoms with Crippen molar-refractivity contribution in [3.05, 3.63) is 39.4 Å². The lowest BCUT2D eigenvalue weighted by Gasteiger charge is -2.18. The molecular weight excluding hydrogens is 328 g/mol. The average Bonchev–Trinajstić information content (AvgIpc) is 3.02. The summed E-state index contributed by atoms with van der Waals surface area (Å²) in [6, 6.07) is 3.35. The molecule has 2 atom stereocenters. The van der Waals surface area contributed by atoms with Crippen LogP contribution < -0.4 is 5.73 Å². The Morgan fingerprint density at radius 2 is 2.33 bits per heavy atom. The van der Waals surface area contributed by atoms with Crippen molar-refractivity contribution in [2.45, 2.75) is 22.7 Å². The number of aromatic nitrogens is 2. The lowest BCUT2D eigenvalue weighted by Crippen LogP contribution is -2.25. The van der Waals surface area contributed by atoms with E-state index in [-0.39, 0.29) is 17.9 Å². The third-order valence-electron chi connectivity index (χ3n) is 2.71. The van der Waals surface area contributed by atoms with Crippen LogP contribution in [-0.4, -0.2) is 27.7 Å². The van der Waals surface area contributed by atoms with E-state index in [9.17, 15) is 5.26 Å². The first-order chi connectivity index (χ1) is 10.1. The van der Waals surface area contributed by atoms with Gasteiger partial charge >= 0.3 is 0 Å². The van der Waals surface area contributed by atoms with E-state index in [0.717, 1.165) is 4.88 Å². The number of nitriles is 1. The maximum Gasteiger partial charge on any atom is 0.114 e. The Hall–Kier alpha value is -1.17. The number of hydrogen-bond acceptors (Lipinski definition) is 7. The number of hydrogen-bond donors (Lipinski definition) is 2. The molecule has 0 spiro atoms. The van der Waals surface area contributed by atoms with Crippen LogP contribution in [0.5, 0.6) is 0 Å². The van der Waals surface area contributed by atoms with Crippen molar-refractivity contribution in [3.8, 4) is 6.07 Å². The molecule has 0 aromatic carbocycles. The molecule has 0 saturated heterocycles. The van der Waals surface area contributed by atoms with Crippen LogP contribution in [0.15, 0.2) is 29.0 Å². The van der Waals surface area contributed by atoms with Crippen LogP contribution in [0.4, 0.5) is 0 Å². The van der Waals surface area contributed by atoms with E-state index >= 15 is 0 Å². The number of nitrogens with two attached hydrogens (primary N) is 1. The van der Waals surface area contributed by atoms with Gasteiger partial charge in [-0.1, -0.05) is 23.4 Å². The molecule has 0 aliphatic carbocycles. The third-order valence-corrected chi connectivity index (χ3v) is 5.24. The highest BCUT2D eigenvalue weighted by Crippen LogP contribution is 2.40. The van der Waals surface area contributed by atoms with Crippen molar-refractivity contribution >= 4 is 34.7 Å². The Labute approximate surface area is 135 Å². The number of pyridine rings is 1. The number of thioether (sulfide) groups is 1. The molecule has 0 fully saturated rings. The standard InChI is InChI=1S/C13H13ClN4OS2/c14-9-1-8(3-15)13(18-4-9)21-11(2-10(16)6-19)12-5-17-7-20-12/h1,4-5,7,10-11,19H,2,6,16H2/t10-,11?/m0/s1. The zero-order valence-corrected chi connectivity index (χ0v) is 13.3. The number of aliphatic hydroxyl groups is 1. The molecule has 2 heterocycles. The fraction of sp³-hybridized carbons (Fsp3) is 0.308. The van der Waals surface area contributed by atoms with E-state index < -0.39 is 0 Å². The molecule has 1 unspecified atom stereocenters. The maximum absolute atomic E-state index is 9.18. The first kappa shape index (κ1) is 16.2. The van der Waals surface area contributed by atoms with Crippen molar-refractivity contribution < 1.29 is 5.11 Å². The fourth-order valence-corrected chi connectivity index (χ4v) is 3.91. The molecular formula is C13H13ClN4OS2. The van der Waals surface area contributed by atoms with Gasteiger partial charge in [-0.3, -0.25) is 4.98 Å². The number of halogens is 1. The minimum absolute atomic E-state index is 0.0135. The first-order valence-corrected chi connectivity index (χ1v) is 8.25. The van der Waals surface area contributed by atoms with Gasteiger partial charge in [-0.25, -0.2) is 4.98 Å². The summed E-state index contributed by atoms with van der Waals surface area (Å²) in [6.07, 6.45) is 3.85. The van der Waals surface area contributed by atoms with Gasteiger partial charge in [0.05, 0.1) is 22.7 Å². The number of aliphatic hydroxyl groups excluding tert-OH is 1. The van der Waals surface area contributed by atoms with E-state index in [0.29, 0.717) is 22.0 Å². The second-order valence-electron chi connectivity index (χ2n) is 4.31. The van der Waals surface area contributed by atoms with E-state index in [2.05, 4.69) is 16.0 Å². The summed E-state index contributed by atoms with van der Waals surface area (Å²) in [5, 5.41) is 19.3. The topological polar surface area (TPSA) is 95.8 Å². The molecule has 0 bridgehead atoms. The SMILES string of the molecule is N#Cc1cc(Cl)cnc1SC(C[C@H](N)CO)c1cncs1. The molecule has 0 aliphatic rings. The van der Waals surface area contributed by atoms with Crippen molar-refractivity contribution in [2.24, 2.45) is 5.73 Å². The van der Waals surface area contributed by atoms with E-state index in [4.69, 9.17) is 22.4 Å². The van der Waals surface area contributed by atoms with Gasteiger partial charge in [-0.15, -0.1) is 11.3 Å². The molecule has 0 amide bonds. The van der Waals surface area contributed by atoms with Crippen LogP contribution in [0.25, 0.3) is 0 Å². The van der Waals surface area contributed by atoms with Crippen LogP contribution in [-0.2, 0) is 0 Å². The van der Waals surface area contributed by atoms with Crippen molar-refractivity contribution in [1.82, 2.24) is 9.97 Å². The Balaban J connectivity index is 2.25. The minimum Gasteiger partial charge on any atom is -0.395 e. The van der Waals surface area contributed by atoms with Gasteiger partial charge in [0.25, 0.3) is 0 Å². The van der Waals surface area contributed by atoms with E-state index in [1.165, 1.54) is 29.3 Å². The van der Waals surface area contributed by atoms with Gasteiger partial charge in [0.15, 0.2) is 0 Å². The molecule has 110 valence electrons. The Bertz CT molecular complexity index is 630. The van der Waals surface area contributed by atoms with Crippen LogP contribution in [0.3, 0.4) is 0 Å². The summed E-state index contributed by atoms with van der Waals surface area (Å²) < 4.78 is 0. The molecule has 3 N–H and O–H groups in total. The normalized spacial score (nSPS) is 13.6. The van der Waals surface area contributed by atoms with Crippen LogP contribution >= 0.6 is 34.7 Å². The van der Waals surface area contributed by atoms with Gasteiger partial charge in [-0.05, 0) is 12.5 Å². The van der Waals surface area contributed by atoms with Crippen molar-refractivity contribution in [1.29, 1.82) is 5.26 Å². The molecule has 2 aromatic heterocycles. The predicted molar refractivity (Wildman–Crippen MR) is 84.4 cm³/mol. The summed E-state index contributed by atoms with van der Waals surface area (Å²) >= 11 is 8.81. The Morgan fingerprint density at radius 1 is 1.52 bits per heavy atom. The van der Waals surface area contributed by atoms with Gasteiger partial charge in [0.2, 0.25) is 0 Å². The Morgan fingerprint density at radius 3 is 2.95 bits per heavy atom. The van der Waals surface area contributed by atoms with Crippen LogP contribution in [0.1, 0.15) is 22.1 Å². The van der Waals surface area contributed by atoms with Gasteiger partial charge in [-0.2, -0.15) is 5.26 Å². The lowest BCUT2D eigenvalue weighted by atomic mass is 10.1. The molecule has 2 rings (SSSR count). The summed E-state index contributed by atoms with van der Waals surface area (Å²) in [4.78, 5) is 9.32. The van der Waals surface area contributed by atoms with Gasteiger partial charge < -0.3 is 10.8 Å². The number of nitrogens with zero attached hydrogens (tertiary/aromatic N) is 3. The molecule has 2 aromatic rings. The lowest BCUT2D eigenvalue weighted by molar-refractivity contribution is 0.260. The highest BCUT2D eigenvalue weighted by molar-refractivity contribution is 7.99. The molecule has 0 saturated carbocycles. The third kappa shape index (κ3) is 4.40. The maximum atomic E-state index is 9.18. The second-order valence-corrected chi connectivity index (χ2v) is 6.85. The summed E-state index contributed by atoms with van der Waals surface area (Å²) in [6.45, 7) is -0.0883. The van der Waals surface area contributed by atoms with Crippen molar-refractivity contribution in [3.63, 3.8) is 0 Å². The van der Waals surface area contributed by atoms with Gasteiger partial charge in [0, 0.05) is 28.6 Å². The number of thiazole rings is 1. The van der Waals surface area contributed by atoms with Crippen LogP contribution in [0, 0.1) is 11.3 Å². The molecule has 0 radical (unpaired) electrons. The largest absolute Gasteiger partial charge is 0.395 e. The smallest absolute Gasteiger partial charge is 0.114 e. The fourth-order valence-electron chi connectivity index (χ4n) is 1.69. The minimum atomic E-state index is -0.331.